The van der Waals surface area contributed by atoms with Crippen LogP contribution in [0.3, 0.4) is 0 Å². The summed E-state index contributed by atoms with van der Waals surface area (Å²) in [5.74, 6) is 0. The van der Waals surface area contributed by atoms with Crippen molar-refractivity contribution in [3.8, 4) is 5.69 Å². The van der Waals surface area contributed by atoms with Gasteiger partial charge in [-0.2, -0.15) is 0 Å². The van der Waals surface area contributed by atoms with E-state index in [0.29, 0.717) is 22.7 Å². The number of nitrogens with one attached hydrogen (secondary N) is 1. The van der Waals surface area contributed by atoms with Crippen molar-refractivity contribution < 1.29 is 0 Å². The van der Waals surface area contributed by atoms with Crippen LogP contribution in [0.25, 0.3) is 5.69 Å². The molecule has 0 spiro atoms. The van der Waals surface area contributed by atoms with Gasteiger partial charge >= 0.3 is 5.69 Å². The van der Waals surface area contributed by atoms with Crippen LogP contribution >= 0.6 is 23.2 Å². The topological polar surface area (TPSA) is 54.9 Å². The molecule has 0 radical (unpaired) electrons. The molecule has 1 heterocycles. The third-order valence-corrected chi connectivity index (χ3v) is 3.60. The molecular weight excluding hydrogens is 299 g/mol. The molecule has 1 aromatic heterocycles. The maximum absolute atomic E-state index is 12.5. The molecule has 0 saturated heterocycles. The maximum atomic E-state index is 12.5. The van der Waals surface area contributed by atoms with E-state index in [2.05, 4.69) is 4.98 Å². The Kier molecular flexibility index (Phi) is 4.35. The van der Waals surface area contributed by atoms with Gasteiger partial charge in [-0.1, -0.05) is 36.5 Å². The number of benzene rings is 1. The van der Waals surface area contributed by atoms with Crippen LogP contribution in [0.15, 0.2) is 27.8 Å². The van der Waals surface area contributed by atoms with E-state index in [9.17, 15) is 9.59 Å². The van der Waals surface area contributed by atoms with Crippen molar-refractivity contribution in [3.05, 3.63) is 60.3 Å². The lowest BCUT2D eigenvalue weighted by molar-refractivity contribution is 0.808. The molecule has 106 valence electrons. The SMILES string of the molecule is CCCc1c(Cl)[nH]c(=O)n(-c2ccc(Cl)cc2C)c1=O. The van der Waals surface area contributed by atoms with Gasteiger partial charge < -0.3 is 0 Å². The Bertz CT molecular complexity index is 763. The van der Waals surface area contributed by atoms with Crippen LogP contribution in [0.4, 0.5) is 0 Å². The van der Waals surface area contributed by atoms with Gasteiger partial charge in [-0.05, 0) is 37.1 Å². The Balaban J connectivity index is 2.77. The van der Waals surface area contributed by atoms with Gasteiger partial charge in [-0.25, -0.2) is 9.36 Å². The number of aryl methyl sites for hydroxylation is 1. The quantitative estimate of drug-likeness (QED) is 0.885. The fraction of sp³-hybridized carbons (Fsp3) is 0.286. The number of rotatable bonds is 3. The minimum atomic E-state index is -0.551. The Morgan fingerprint density at radius 2 is 1.95 bits per heavy atom. The standard InChI is InChI=1S/C14H14Cl2N2O2/c1-3-4-10-12(16)17-14(20)18(13(10)19)11-6-5-9(15)7-8(11)2/h5-7H,3-4H2,1-2H3,(H,17,20). The smallest absolute Gasteiger partial charge is 0.297 e. The molecule has 0 atom stereocenters. The molecule has 2 rings (SSSR count). The normalized spacial score (nSPS) is 10.8. The molecule has 0 aliphatic carbocycles. The number of halogens is 2. The van der Waals surface area contributed by atoms with Gasteiger partial charge in [0.1, 0.15) is 5.15 Å². The summed E-state index contributed by atoms with van der Waals surface area (Å²) in [5.41, 5.74) is 0.740. The molecule has 0 bridgehead atoms. The predicted molar refractivity (Wildman–Crippen MR) is 81.4 cm³/mol. The summed E-state index contributed by atoms with van der Waals surface area (Å²) in [6.07, 6.45) is 1.28. The van der Waals surface area contributed by atoms with Crippen LogP contribution in [-0.2, 0) is 6.42 Å². The minimum absolute atomic E-state index is 0.115. The molecule has 0 saturated carbocycles. The molecule has 0 amide bonds. The summed E-state index contributed by atoms with van der Waals surface area (Å²) in [6, 6.07) is 5.00. The number of hydrogen-bond acceptors (Lipinski definition) is 2. The number of aromatic nitrogens is 2. The zero-order valence-electron chi connectivity index (χ0n) is 11.2. The number of H-pyrrole nitrogens is 1. The lowest BCUT2D eigenvalue weighted by Crippen LogP contribution is -2.36. The first kappa shape index (κ1) is 14.9. The van der Waals surface area contributed by atoms with Crippen molar-refractivity contribution >= 4 is 23.2 Å². The molecule has 4 nitrogen and oxygen atoms in total. The summed E-state index contributed by atoms with van der Waals surface area (Å²) in [7, 11) is 0. The number of nitrogens with zero attached hydrogens (tertiary/aromatic N) is 1. The Morgan fingerprint density at radius 1 is 1.25 bits per heavy atom. The van der Waals surface area contributed by atoms with Crippen LogP contribution in [-0.4, -0.2) is 9.55 Å². The van der Waals surface area contributed by atoms with Crippen LogP contribution in [0.5, 0.6) is 0 Å². The molecular formula is C14H14Cl2N2O2. The lowest BCUT2D eigenvalue weighted by atomic mass is 10.1. The highest BCUT2D eigenvalue weighted by Gasteiger charge is 2.14. The summed E-state index contributed by atoms with van der Waals surface area (Å²) < 4.78 is 1.10. The lowest BCUT2D eigenvalue weighted by Gasteiger charge is -2.11. The second-order valence-corrected chi connectivity index (χ2v) is 5.36. The number of aromatic amines is 1. The van der Waals surface area contributed by atoms with E-state index in [0.717, 1.165) is 16.6 Å². The predicted octanol–water partition coefficient (Wildman–Crippen LogP) is 3.09. The highest BCUT2D eigenvalue weighted by molar-refractivity contribution is 6.30. The average Bonchev–Trinajstić information content (AvgIpc) is 2.37. The van der Waals surface area contributed by atoms with E-state index >= 15 is 0 Å². The number of hydrogen-bond donors (Lipinski definition) is 1. The third kappa shape index (κ3) is 2.67. The van der Waals surface area contributed by atoms with Crippen LogP contribution < -0.4 is 11.2 Å². The molecule has 0 aliphatic heterocycles. The fourth-order valence-electron chi connectivity index (χ4n) is 2.10. The first-order valence-corrected chi connectivity index (χ1v) is 7.01. The molecule has 0 aliphatic rings. The van der Waals surface area contributed by atoms with Gasteiger partial charge in [0, 0.05) is 5.02 Å². The molecule has 0 unspecified atom stereocenters. The zero-order valence-corrected chi connectivity index (χ0v) is 12.7. The van der Waals surface area contributed by atoms with Crippen molar-refractivity contribution in [1.29, 1.82) is 0 Å². The third-order valence-electron chi connectivity index (χ3n) is 3.05. The largest absolute Gasteiger partial charge is 0.334 e. The second kappa shape index (κ2) is 5.85. The monoisotopic (exact) mass is 312 g/mol. The van der Waals surface area contributed by atoms with E-state index in [-0.39, 0.29) is 10.7 Å². The van der Waals surface area contributed by atoms with Crippen LogP contribution in [0.2, 0.25) is 10.2 Å². The summed E-state index contributed by atoms with van der Waals surface area (Å²) >= 11 is 11.8. The Morgan fingerprint density at radius 3 is 2.55 bits per heavy atom. The van der Waals surface area contributed by atoms with Gasteiger partial charge in [-0.15, -0.1) is 0 Å². The van der Waals surface area contributed by atoms with Gasteiger partial charge in [0.05, 0.1) is 11.3 Å². The van der Waals surface area contributed by atoms with Crippen molar-refractivity contribution in [3.63, 3.8) is 0 Å². The zero-order chi connectivity index (χ0) is 14.9. The second-order valence-electron chi connectivity index (χ2n) is 4.54. The first-order chi connectivity index (χ1) is 9.45. The van der Waals surface area contributed by atoms with Crippen LogP contribution in [0, 0.1) is 6.92 Å². The average molecular weight is 313 g/mol. The van der Waals surface area contributed by atoms with E-state index in [4.69, 9.17) is 23.2 Å². The van der Waals surface area contributed by atoms with Crippen molar-refractivity contribution in [1.82, 2.24) is 9.55 Å². The van der Waals surface area contributed by atoms with Crippen molar-refractivity contribution in [2.75, 3.05) is 0 Å². The fourth-order valence-corrected chi connectivity index (χ4v) is 2.58. The molecule has 1 aromatic carbocycles. The highest BCUT2D eigenvalue weighted by Crippen LogP contribution is 2.17. The summed E-state index contributed by atoms with van der Waals surface area (Å²) in [6.45, 7) is 3.74. The summed E-state index contributed by atoms with van der Waals surface area (Å²) in [5, 5.41) is 0.670. The first-order valence-electron chi connectivity index (χ1n) is 6.26. The van der Waals surface area contributed by atoms with Gasteiger partial charge in [0.25, 0.3) is 5.56 Å². The van der Waals surface area contributed by atoms with E-state index in [1.165, 1.54) is 0 Å². The molecule has 2 aromatic rings. The van der Waals surface area contributed by atoms with Crippen molar-refractivity contribution in [2.24, 2.45) is 0 Å². The highest BCUT2D eigenvalue weighted by atomic mass is 35.5. The Hall–Kier alpha value is -1.52. The maximum Gasteiger partial charge on any atom is 0.334 e. The molecule has 1 N–H and O–H groups in total. The summed E-state index contributed by atoms with van der Waals surface area (Å²) in [4.78, 5) is 27.0. The van der Waals surface area contributed by atoms with Gasteiger partial charge in [-0.3, -0.25) is 9.78 Å². The molecule has 20 heavy (non-hydrogen) atoms. The van der Waals surface area contributed by atoms with Crippen LogP contribution in [0.1, 0.15) is 24.5 Å². The van der Waals surface area contributed by atoms with E-state index in [1.807, 2.05) is 6.92 Å². The molecule has 6 heteroatoms. The molecule has 0 fully saturated rings. The van der Waals surface area contributed by atoms with E-state index in [1.54, 1.807) is 25.1 Å². The Labute approximate surface area is 126 Å². The van der Waals surface area contributed by atoms with Crippen molar-refractivity contribution in [2.45, 2.75) is 26.7 Å². The van der Waals surface area contributed by atoms with Gasteiger partial charge in [0.2, 0.25) is 0 Å². The van der Waals surface area contributed by atoms with E-state index < -0.39 is 5.69 Å². The van der Waals surface area contributed by atoms with Gasteiger partial charge in [0.15, 0.2) is 0 Å². The minimum Gasteiger partial charge on any atom is -0.297 e.